The SMILES string of the molecule is CCSCCOC(=O)C1C(C)=NC2=C(C(=O)CC(C)(C)C2)[C@H]1c1cccc(C)c1. The summed E-state index contributed by atoms with van der Waals surface area (Å²) in [4.78, 5) is 31.1. The van der Waals surface area contributed by atoms with Crippen LogP contribution in [0.5, 0.6) is 0 Å². The van der Waals surface area contributed by atoms with Crippen LogP contribution >= 0.6 is 11.8 Å². The van der Waals surface area contributed by atoms with Gasteiger partial charge in [-0.3, -0.25) is 14.6 Å². The molecule has 0 aromatic heterocycles. The van der Waals surface area contributed by atoms with Crippen LogP contribution in [-0.4, -0.2) is 35.6 Å². The smallest absolute Gasteiger partial charge is 0.315 e. The molecule has 1 unspecified atom stereocenters. The van der Waals surface area contributed by atoms with Crippen molar-refractivity contribution in [2.75, 3.05) is 18.1 Å². The lowest BCUT2D eigenvalue weighted by molar-refractivity contribution is -0.145. The molecule has 1 heterocycles. The number of carbonyl (C=O) groups excluding carboxylic acids is 2. The van der Waals surface area contributed by atoms with Crippen LogP contribution in [0.15, 0.2) is 40.5 Å². The van der Waals surface area contributed by atoms with Crippen LogP contribution in [0.1, 0.15) is 57.6 Å². The molecule has 4 nitrogen and oxygen atoms in total. The van der Waals surface area contributed by atoms with Crippen molar-refractivity contribution in [1.29, 1.82) is 0 Å². The van der Waals surface area contributed by atoms with Gasteiger partial charge < -0.3 is 4.74 Å². The Morgan fingerprint density at radius 1 is 1.28 bits per heavy atom. The van der Waals surface area contributed by atoms with E-state index in [-0.39, 0.29) is 23.1 Å². The van der Waals surface area contributed by atoms with Gasteiger partial charge in [0, 0.05) is 35.1 Å². The minimum atomic E-state index is -0.549. The Bertz CT molecular complexity index is 869. The van der Waals surface area contributed by atoms with Crippen LogP contribution in [0.3, 0.4) is 0 Å². The topological polar surface area (TPSA) is 55.7 Å². The van der Waals surface area contributed by atoms with Gasteiger partial charge in [-0.15, -0.1) is 0 Å². The molecular formula is C24H31NO3S. The number of aryl methyl sites for hydroxylation is 1. The Morgan fingerprint density at radius 2 is 2.03 bits per heavy atom. The van der Waals surface area contributed by atoms with Crippen molar-refractivity contribution < 1.29 is 14.3 Å². The minimum Gasteiger partial charge on any atom is -0.464 e. The molecule has 156 valence electrons. The number of Topliss-reactive ketones (excluding diaryl/α,β-unsaturated/α-hetero) is 1. The second-order valence-corrected chi connectivity index (χ2v) is 10.2. The molecule has 0 saturated carbocycles. The maximum atomic E-state index is 13.2. The second-order valence-electron chi connectivity index (χ2n) is 8.79. The standard InChI is InChI=1S/C24H31NO3S/c1-6-29-11-10-28-23(27)20-16(3)25-18-13-24(4,5)14-19(26)22(18)21(20)17-9-7-8-15(2)12-17/h7-9,12,20-21H,6,10-11,13-14H2,1-5H3/t20?,21-/m0/s1. The highest BCUT2D eigenvalue weighted by atomic mass is 32.2. The molecule has 2 aliphatic rings. The fourth-order valence-corrected chi connectivity index (χ4v) is 4.90. The normalized spacial score (nSPS) is 23.5. The molecule has 1 aliphatic carbocycles. The van der Waals surface area contributed by atoms with Crippen molar-refractivity contribution in [2.45, 2.75) is 53.4 Å². The first-order valence-electron chi connectivity index (χ1n) is 10.4. The van der Waals surface area contributed by atoms with Crippen LogP contribution in [-0.2, 0) is 14.3 Å². The van der Waals surface area contributed by atoms with Crippen LogP contribution in [0.25, 0.3) is 0 Å². The average molecular weight is 414 g/mol. The summed E-state index contributed by atoms with van der Waals surface area (Å²) in [6.07, 6.45) is 1.24. The maximum Gasteiger partial charge on any atom is 0.315 e. The highest BCUT2D eigenvalue weighted by molar-refractivity contribution is 7.99. The summed E-state index contributed by atoms with van der Waals surface area (Å²) in [6, 6.07) is 8.11. The van der Waals surface area contributed by atoms with E-state index in [1.54, 1.807) is 11.8 Å². The molecule has 1 aromatic carbocycles. The van der Waals surface area contributed by atoms with E-state index >= 15 is 0 Å². The first kappa shape index (κ1) is 21.8. The number of rotatable bonds is 6. The summed E-state index contributed by atoms with van der Waals surface area (Å²) in [7, 11) is 0. The number of hydrogen-bond acceptors (Lipinski definition) is 5. The third-order valence-corrected chi connectivity index (χ3v) is 6.50. The van der Waals surface area contributed by atoms with Crippen molar-refractivity contribution in [2.24, 2.45) is 16.3 Å². The number of hydrogen-bond donors (Lipinski definition) is 0. The van der Waals surface area contributed by atoms with Gasteiger partial charge in [0.15, 0.2) is 5.78 Å². The lowest BCUT2D eigenvalue weighted by atomic mass is 9.67. The fraction of sp³-hybridized carbons (Fsp3) is 0.542. The zero-order valence-electron chi connectivity index (χ0n) is 18.1. The molecular weight excluding hydrogens is 382 g/mol. The van der Waals surface area contributed by atoms with Crippen molar-refractivity contribution in [1.82, 2.24) is 0 Å². The lowest BCUT2D eigenvalue weighted by Crippen LogP contribution is -2.39. The average Bonchev–Trinajstić information content (AvgIpc) is 2.63. The summed E-state index contributed by atoms with van der Waals surface area (Å²) >= 11 is 1.74. The number of esters is 1. The number of ketones is 1. The van der Waals surface area contributed by atoms with Crippen LogP contribution in [0, 0.1) is 18.3 Å². The van der Waals surface area contributed by atoms with Crippen molar-refractivity contribution in [3.05, 3.63) is 46.7 Å². The van der Waals surface area contributed by atoms with Crippen molar-refractivity contribution >= 4 is 29.2 Å². The number of allylic oxidation sites excluding steroid dienone is 2. The first-order valence-corrected chi connectivity index (χ1v) is 11.5. The molecule has 3 rings (SSSR count). The van der Waals surface area contributed by atoms with E-state index in [1.165, 1.54) is 0 Å². The molecule has 0 N–H and O–H groups in total. The highest BCUT2D eigenvalue weighted by Gasteiger charge is 2.46. The summed E-state index contributed by atoms with van der Waals surface area (Å²) in [6.45, 7) is 10.6. The fourth-order valence-electron chi connectivity index (χ4n) is 4.41. The lowest BCUT2D eigenvalue weighted by Gasteiger charge is -2.39. The Balaban J connectivity index is 2.02. The van der Waals surface area contributed by atoms with Crippen molar-refractivity contribution in [3.63, 3.8) is 0 Å². The maximum absolute atomic E-state index is 13.2. The number of benzene rings is 1. The quantitative estimate of drug-likeness (QED) is 0.480. The van der Waals surface area contributed by atoms with E-state index in [2.05, 4.69) is 26.8 Å². The van der Waals surface area contributed by atoms with Gasteiger partial charge in [-0.2, -0.15) is 11.8 Å². The minimum absolute atomic E-state index is 0.110. The molecule has 2 atom stereocenters. The van der Waals surface area contributed by atoms with Gasteiger partial charge in [0.25, 0.3) is 0 Å². The molecule has 0 fully saturated rings. The molecule has 1 aliphatic heterocycles. The van der Waals surface area contributed by atoms with E-state index in [9.17, 15) is 9.59 Å². The Hall–Kier alpha value is -1.88. The number of aliphatic imine (C=N–C) groups is 1. The summed E-state index contributed by atoms with van der Waals surface area (Å²) in [5.41, 5.74) is 4.30. The Labute approximate surface area is 178 Å². The zero-order chi connectivity index (χ0) is 21.2. The first-order chi connectivity index (χ1) is 13.7. The van der Waals surface area contributed by atoms with Gasteiger partial charge in [0.2, 0.25) is 0 Å². The van der Waals surface area contributed by atoms with E-state index in [4.69, 9.17) is 9.73 Å². The van der Waals surface area contributed by atoms with E-state index in [0.29, 0.717) is 18.6 Å². The van der Waals surface area contributed by atoms with Gasteiger partial charge in [0.05, 0.1) is 0 Å². The van der Waals surface area contributed by atoms with Gasteiger partial charge >= 0.3 is 5.97 Å². The molecule has 0 radical (unpaired) electrons. The predicted molar refractivity (Wildman–Crippen MR) is 120 cm³/mol. The highest BCUT2D eigenvalue weighted by Crippen LogP contribution is 2.47. The van der Waals surface area contributed by atoms with E-state index in [0.717, 1.165) is 40.5 Å². The number of nitrogens with zero attached hydrogens (tertiary/aromatic N) is 1. The molecule has 1 aromatic rings. The van der Waals surface area contributed by atoms with Gasteiger partial charge in [-0.05, 0) is 37.0 Å². The van der Waals surface area contributed by atoms with E-state index < -0.39 is 5.92 Å². The summed E-state index contributed by atoms with van der Waals surface area (Å²) < 4.78 is 5.62. The summed E-state index contributed by atoms with van der Waals surface area (Å²) in [5.74, 6) is 0.733. The molecule has 0 spiro atoms. The Kier molecular flexibility index (Phi) is 6.67. The zero-order valence-corrected chi connectivity index (χ0v) is 18.9. The van der Waals surface area contributed by atoms with Gasteiger partial charge in [0.1, 0.15) is 12.5 Å². The molecule has 5 heteroatoms. The number of ether oxygens (including phenoxy) is 1. The Morgan fingerprint density at radius 3 is 2.72 bits per heavy atom. The third kappa shape index (κ3) is 4.82. The molecule has 0 amide bonds. The van der Waals surface area contributed by atoms with Gasteiger partial charge in [-0.1, -0.05) is 50.6 Å². The van der Waals surface area contributed by atoms with Crippen LogP contribution in [0.2, 0.25) is 0 Å². The number of carbonyl (C=O) groups is 2. The predicted octanol–water partition coefficient (Wildman–Crippen LogP) is 5.11. The van der Waals surface area contributed by atoms with Crippen LogP contribution in [0.4, 0.5) is 0 Å². The number of thioether (sulfide) groups is 1. The van der Waals surface area contributed by atoms with E-state index in [1.807, 2.05) is 32.0 Å². The molecule has 29 heavy (non-hydrogen) atoms. The largest absolute Gasteiger partial charge is 0.464 e. The molecule has 0 saturated heterocycles. The third-order valence-electron chi connectivity index (χ3n) is 5.63. The molecule has 0 bridgehead atoms. The van der Waals surface area contributed by atoms with Gasteiger partial charge in [-0.25, -0.2) is 0 Å². The second kappa shape index (κ2) is 8.86. The van der Waals surface area contributed by atoms with Crippen LogP contribution < -0.4 is 0 Å². The van der Waals surface area contributed by atoms with Crippen molar-refractivity contribution in [3.8, 4) is 0 Å². The summed E-state index contributed by atoms with van der Waals surface area (Å²) in [5, 5.41) is 0. The monoisotopic (exact) mass is 413 g/mol.